The highest BCUT2D eigenvalue weighted by molar-refractivity contribution is 6.27. The fourth-order valence-corrected chi connectivity index (χ4v) is 3.14. The van der Waals surface area contributed by atoms with E-state index < -0.39 is 5.97 Å². The maximum absolute atomic E-state index is 11.8. The van der Waals surface area contributed by atoms with E-state index in [2.05, 4.69) is 20.4 Å². The number of hydrogen-bond acceptors (Lipinski definition) is 7. The first-order valence-corrected chi connectivity index (χ1v) is 9.16. The van der Waals surface area contributed by atoms with Gasteiger partial charge in [-0.1, -0.05) is 18.2 Å². The van der Waals surface area contributed by atoms with Gasteiger partial charge in [0.1, 0.15) is 22.9 Å². The van der Waals surface area contributed by atoms with Crippen LogP contribution in [-0.2, 0) is 4.79 Å². The quantitative estimate of drug-likeness (QED) is 0.538. The molecule has 0 atom stereocenters. The molecule has 2 heterocycles. The Balaban J connectivity index is 1.68. The highest BCUT2D eigenvalue weighted by Gasteiger charge is 2.33. The van der Waals surface area contributed by atoms with Crippen LogP contribution in [0.4, 0.5) is 11.4 Å². The second kappa shape index (κ2) is 7.70. The summed E-state index contributed by atoms with van der Waals surface area (Å²) in [4.78, 5) is 20.7. The number of phenolic OH excluding ortho intramolecular Hbond substituents is 1. The van der Waals surface area contributed by atoms with Crippen LogP contribution in [0.3, 0.4) is 0 Å². The number of aliphatic carboxylic acids is 1. The molecule has 30 heavy (non-hydrogen) atoms. The van der Waals surface area contributed by atoms with Crippen molar-refractivity contribution in [3.05, 3.63) is 65.8 Å². The third-order valence-electron chi connectivity index (χ3n) is 4.51. The van der Waals surface area contributed by atoms with Gasteiger partial charge in [-0.3, -0.25) is 0 Å². The highest BCUT2D eigenvalue weighted by atomic mass is 16.5. The zero-order valence-corrected chi connectivity index (χ0v) is 16.3. The van der Waals surface area contributed by atoms with Gasteiger partial charge in [-0.25, -0.2) is 14.8 Å². The molecule has 0 saturated heterocycles. The summed E-state index contributed by atoms with van der Waals surface area (Å²) in [6.45, 7) is 3.53. The first kappa shape index (κ1) is 19.2. The summed E-state index contributed by atoms with van der Waals surface area (Å²) in [7, 11) is 0. The summed E-state index contributed by atoms with van der Waals surface area (Å²) in [5.74, 6) is 0.731. The lowest BCUT2D eigenvalue weighted by atomic mass is 10.1. The van der Waals surface area contributed by atoms with E-state index in [1.807, 2.05) is 30.3 Å². The summed E-state index contributed by atoms with van der Waals surface area (Å²) in [5.41, 5.74) is 1.42. The van der Waals surface area contributed by atoms with E-state index in [1.165, 1.54) is 16.8 Å². The van der Waals surface area contributed by atoms with Gasteiger partial charge in [0.05, 0.1) is 11.4 Å². The van der Waals surface area contributed by atoms with Crippen molar-refractivity contribution in [2.24, 2.45) is 4.99 Å². The number of nitrogens with one attached hydrogen (secondary N) is 1. The van der Waals surface area contributed by atoms with Crippen LogP contribution in [0.15, 0.2) is 59.1 Å². The number of hydrogen-bond donors (Lipinski definition) is 3. The molecule has 2 aromatic carbocycles. The number of aryl methyl sites for hydroxylation is 1. The number of carboxylic acid groups (broad SMARTS) is 1. The average molecular weight is 405 g/mol. The number of aromatic hydroxyl groups is 1. The topological polar surface area (TPSA) is 122 Å². The average Bonchev–Trinajstić information content (AvgIpc) is 3.21. The van der Waals surface area contributed by atoms with Crippen LogP contribution in [0, 0.1) is 6.92 Å². The van der Waals surface area contributed by atoms with Gasteiger partial charge in [0.25, 0.3) is 0 Å². The molecule has 0 amide bonds. The molecule has 4 rings (SSSR count). The maximum atomic E-state index is 11.8. The van der Waals surface area contributed by atoms with Gasteiger partial charge in [-0.2, -0.15) is 4.68 Å². The lowest BCUT2D eigenvalue weighted by Crippen LogP contribution is -2.18. The molecule has 0 unspecified atom stereocenters. The summed E-state index contributed by atoms with van der Waals surface area (Å²) in [6, 6.07) is 13.8. The normalized spacial score (nSPS) is 14.1. The third-order valence-corrected chi connectivity index (χ3v) is 4.51. The van der Waals surface area contributed by atoms with Crippen molar-refractivity contribution < 1.29 is 19.7 Å². The lowest BCUT2D eigenvalue weighted by Gasteiger charge is -2.12. The largest absolute Gasteiger partial charge is 0.508 e. The van der Waals surface area contributed by atoms with E-state index in [9.17, 15) is 15.0 Å². The molecule has 0 saturated carbocycles. The minimum absolute atomic E-state index is 0.0320. The number of benzene rings is 2. The standard InChI is InChI=1S/C21H19N5O4/c1-12-18(21(28)29)20(26-19(12)23-13(2)25-26)24-16-9-8-14(27)10-17(16)22-11-30-15-6-4-3-5-7-15/h3-10,22,27H,11H2,1-2H3,(H,28,29). The number of phenols is 1. The van der Waals surface area contributed by atoms with E-state index in [4.69, 9.17) is 4.74 Å². The number of aromatic nitrogens is 3. The molecular weight excluding hydrogens is 386 g/mol. The molecule has 3 N–H and O–H groups in total. The van der Waals surface area contributed by atoms with Gasteiger partial charge < -0.3 is 20.3 Å². The molecule has 1 aromatic heterocycles. The number of carbonyl (C=O) groups is 1. The fourth-order valence-electron chi connectivity index (χ4n) is 3.14. The van der Waals surface area contributed by atoms with Crippen molar-refractivity contribution in [1.29, 1.82) is 0 Å². The molecule has 0 fully saturated rings. The Labute approximate surface area is 172 Å². The van der Waals surface area contributed by atoms with E-state index in [1.54, 1.807) is 19.9 Å². The molecule has 3 aromatic rings. The summed E-state index contributed by atoms with van der Waals surface area (Å²) in [6.07, 6.45) is 0. The van der Waals surface area contributed by atoms with Crippen LogP contribution < -0.4 is 10.1 Å². The summed E-state index contributed by atoms with van der Waals surface area (Å²) >= 11 is 0. The number of rotatable bonds is 6. The van der Waals surface area contributed by atoms with Crippen LogP contribution in [0.1, 0.15) is 18.6 Å². The minimum Gasteiger partial charge on any atom is -0.508 e. The van der Waals surface area contributed by atoms with Crippen molar-refractivity contribution in [2.75, 3.05) is 12.0 Å². The Morgan fingerprint density at radius 3 is 2.70 bits per heavy atom. The van der Waals surface area contributed by atoms with Gasteiger partial charge in [-0.05, 0) is 38.1 Å². The Bertz CT molecular complexity index is 1180. The van der Waals surface area contributed by atoms with Gasteiger partial charge in [0, 0.05) is 11.6 Å². The number of carboxylic acids is 1. The Morgan fingerprint density at radius 2 is 1.97 bits per heavy atom. The molecule has 0 aliphatic carbocycles. The Morgan fingerprint density at radius 1 is 1.20 bits per heavy atom. The number of ether oxygens (including phenoxy) is 1. The molecule has 0 spiro atoms. The fraction of sp³-hybridized carbons (Fsp3) is 0.143. The lowest BCUT2D eigenvalue weighted by molar-refractivity contribution is -0.131. The van der Waals surface area contributed by atoms with E-state index in [0.717, 1.165) is 0 Å². The number of nitrogens with zero attached hydrogens (tertiary/aromatic N) is 4. The molecule has 0 bridgehead atoms. The maximum Gasteiger partial charge on any atom is 0.339 e. The van der Waals surface area contributed by atoms with E-state index in [-0.39, 0.29) is 23.9 Å². The first-order chi connectivity index (χ1) is 14.4. The number of fused-ring (bicyclic) bond motifs is 1. The van der Waals surface area contributed by atoms with Crippen LogP contribution in [0.2, 0.25) is 0 Å². The molecule has 1 aliphatic heterocycles. The predicted molar refractivity (Wildman–Crippen MR) is 111 cm³/mol. The third kappa shape index (κ3) is 3.60. The Kier molecular flexibility index (Phi) is 4.93. The van der Waals surface area contributed by atoms with Gasteiger partial charge >= 0.3 is 5.97 Å². The number of allylic oxidation sites excluding steroid dienone is 1. The first-order valence-electron chi connectivity index (χ1n) is 9.16. The van der Waals surface area contributed by atoms with Gasteiger partial charge in [0.15, 0.2) is 18.4 Å². The SMILES string of the molecule is CC1=C(C(=O)O)C(=Nc2ccc(O)cc2NCOc2ccccc2)n2nc(C)nc21. The van der Waals surface area contributed by atoms with E-state index in [0.29, 0.717) is 34.3 Å². The molecular formula is C21H19N5O4. The molecule has 9 nitrogen and oxygen atoms in total. The Hall–Kier alpha value is -4.14. The van der Waals surface area contributed by atoms with Gasteiger partial charge in [-0.15, -0.1) is 5.10 Å². The number of aliphatic imine (C=N–C) groups is 1. The van der Waals surface area contributed by atoms with Crippen LogP contribution in [0.25, 0.3) is 5.57 Å². The minimum atomic E-state index is -1.11. The van der Waals surface area contributed by atoms with Crippen LogP contribution in [-0.4, -0.2) is 43.5 Å². The van der Waals surface area contributed by atoms with Crippen molar-refractivity contribution in [1.82, 2.24) is 14.8 Å². The molecule has 0 radical (unpaired) electrons. The van der Waals surface area contributed by atoms with Crippen molar-refractivity contribution in [3.8, 4) is 11.5 Å². The zero-order chi connectivity index (χ0) is 21.3. The monoisotopic (exact) mass is 405 g/mol. The zero-order valence-electron chi connectivity index (χ0n) is 16.3. The second-order valence-electron chi connectivity index (χ2n) is 6.61. The van der Waals surface area contributed by atoms with Crippen molar-refractivity contribution in [2.45, 2.75) is 13.8 Å². The molecule has 1 aliphatic rings. The predicted octanol–water partition coefficient (Wildman–Crippen LogP) is 3.19. The van der Waals surface area contributed by atoms with E-state index >= 15 is 0 Å². The van der Waals surface area contributed by atoms with Gasteiger partial charge in [0.2, 0.25) is 0 Å². The number of anilines is 1. The number of para-hydroxylation sites is 1. The van der Waals surface area contributed by atoms with Crippen LogP contribution >= 0.6 is 0 Å². The van der Waals surface area contributed by atoms with Crippen LogP contribution in [0.5, 0.6) is 11.5 Å². The van der Waals surface area contributed by atoms with Crippen molar-refractivity contribution >= 4 is 28.8 Å². The second-order valence-corrected chi connectivity index (χ2v) is 6.61. The smallest absolute Gasteiger partial charge is 0.339 e. The highest BCUT2D eigenvalue weighted by Crippen LogP contribution is 2.33. The summed E-state index contributed by atoms with van der Waals surface area (Å²) < 4.78 is 7.06. The van der Waals surface area contributed by atoms with Crippen molar-refractivity contribution in [3.63, 3.8) is 0 Å². The molecule has 9 heteroatoms. The molecule has 152 valence electrons. The summed E-state index contributed by atoms with van der Waals surface area (Å²) in [5, 5.41) is 26.9.